The monoisotopic (exact) mass is 283 g/mol. The van der Waals surface area contributed by atoms with E-state index in [1.807, 2.05) is 0 Å². The Labute approximate surface area is 124 Å². The predicted octanol–water partition coefficient (Wildman–Crippen LogP) is 2.01. The normalized spacial score (nSPS) is 24.6. The Hall–Kier alpha value is -0.610. The van der Waals surface area contributed by atoms with Crippen LogP contribution >= 0.6 is 0 Å². The van der Waals surface area contributed by atoms with Gasteiger partial charge in [-0.2, -0.15) is 0 Å². The zero-order valence-corrected chi connectivity index (χ0v) is 14.5. The molecule has 1 aliphatic rings. The van der Waals surface area contributed by atoms with Crippen LogP contribution in [0.5, 0.6) is 0 Å². The molecule has 1 saturated heterocycles. The van der Waals surface area contributed by atoms with Crippen molar-refractivity contribution in [2.45, 2.75) is 53.8 Å². The van der Waals surface area contributed by atoms with Gasteiger partial charge in [-0.3, -0.25) is 10.1 Å². The summed E-state index contributed by atoms with van der Waals surface area (Å²) < 4.78 is 0. The minimum Gasteiger partial charge on any atom is -0.325 e. The van der Waals surface area contributed by atoms with Crippen LogP contribution in [0.2, 0.25) is 0 Å². The van der Waals surface area contributed by atoms with E-state index in [1.54, 1.807) is 0 Å². The summed E-state index contributed by atoms with van der Waals surface area (Å²) in [6.07, 6.45) is 0.163. The summed E-state index contributed by atoms with van der Waals surface area (Å²) in [6, 6.07) is -0.0300. The molecule has 0 spiro atoms. The van der Waals surface area contributed by atoms with E-state index in [9.17, 15) is 4.79 Å². The Morgan fingerprint density at radius 3 is 2.15 bits per heavy atom. The zero-order chi connectivity index (χ0) is 15.7. The van der Waals surface area contributed by atoms with Gasteiger partial charge in [-0.1, -0.05) is 41.5 Å². The lowest BCUT2D eigenvalue weighted by Gasteiger charge is -2.36. The molecule has 0 bridgehead atoms. The van der Waals surface area contributed by atoms with E-state index in [1.165, 1.54) is 0 Å². The molecule has 0 aliphatic carbocycles. The number of carbonyl (C=O) groups excluding carboxylic acids is 1. The molecule has 0 aromatic rings. The highest BCUT2D eigenvalue weighted by molar-refractivity contribution is 5.84. The summed E-state index contributed by atoms with van der Waals surface area (Å²) >= 11 is 0. The van der Waals surface area contributed by atoms with Crippen molar-refractivity contribution < 1.29 is 4.79 Å². The second kappa shape index (κ2) is 6.44. The molecule has 0 radical (unpaired) electrons. The maximum absolute atomic E-state index is 12.7. The average Bonchev–Trinajstić information content (AvgIpc) is 2.54. The van der Waals surface area contributed by atoms with Crippen molar-refractivity contribution in [2.75, 3.05) is 27.2 Å². The molecule has 1 fully saturated rings. The number of amides is 1. The van der Waals surface area contributed by atoms with E-state index in [0.717, 1.165) is 13.1 Å². The van der Waals surface area contributed by atoms with Crippen LogP contribution in [0.3, 0.4) is 0 Å². The molecule has 0 saturated carbocycles. The molecule has 2 unspecified atom stereocenters. The lowest BCUT2D eigenvalue weighted by molar-refractivity contribution is -0.132. The third kappa shape index (κ3) is 4.19. The fraction of sp³-hybridized carbons (Fsp3) is 0.938. The van der Waals surface area contributed by atoms with E-state index >= 15 is 0 Å². The first kappa shape index (κ1) is 17.4. The van der Waals surface area contributed by atoms with Crippen molar-refractivity contribution >= 4 is 5.91 Å². The number of hydrogen-bond donors (Lipinski definition) is 1. The van der Waals surface area contributed by atoms with E-state index < -0.39 is 0 Å². The highest BCUT2D eigenvalue weighted by Crippen LogP contribution is 2.27. The van der Waals surface area contributed by atoms with Gasteiger partial charge >= 0.3 is 0 Å². The molecule has 4 heteroatoms. The number of nitrogens with zero attached hydrogens (tertiary/aromatic N) is 2. The minimum absolute atomic E-state index is 0.0300. The van der Waals surface area contributed by atoms with Crippen molar-refractivity contribution in [3.05, 3.63) is 0 Å². The Kier molecular flexibility index (Phi) is 5.61. The highest BCUT2D eigenvalue weighted by Gasteiger charge is 2.43. The van der Waals surface area contributed by atoms with Gasteiger partial charge in [0.2, 0.25) is 5.91 Å². The van der Waals surface area contributed by atoms with Crippen LogP contribution in [0.25, 0.3) is 0 Å². The summed E-state index contributed by atoms with van der Waals surface area (Å²) in [5, 5.41) is 3.53. The standard InChI is InChI=1S/C16H33N3O/c1-11(2)13-15(20)19(14(17-13)12(3)4)10-16(5,6)9-18(7)8/h11-14,17H,9-10H2,1-8H3. The topological polar surface area (TPSA) is 35.6 Å². The largest absolute Gasteiger partial charge is 0.325 e. The SMILES string of the molecule is CC(C)C1NC(C(C)C)N(CC(C)(C)CN(C)C)C1=O. The van der Waals surface area contributed by atoms with Crippen LogP contribution in [-0.2, 0) is 4.79 Å². The Morgan fingerprint density at radius 2 is 1.75 bits per heavy atom. The summed E-state index contributed by atoms with van der Waals surface area (Å²) in [7, 11) is 4.17. The smallest absolute Gasteiger partial charge is 0.241 e. The third-order valence-electron chi connectivity index (χ3n) is 3.88. The summed E-state index contributed by atoms with van der Waals surface area (Å²) in [4.78, 5) is 16.9. The molecule has 0 aromatic heterocycles. The highest BCUT2D eigenvalue weighted by atomic mass is 16.2. The van der Waals surface area contributed by atoms with Crippen LogP contribution in [0.4, 0.5) is 0 Å². The molecule has 1 rings (SSSR count). The zero-order valence-electron chi connectivity index (χ0n) is 14.5. The predicted molar refractivity (Wildman–Crippen MR) is 84.4 cm³/mol. The van der Waals surface area contributed by atoms with Crippen molar-refractivity contribution in [1.29, 1.82) is 0 Å². The van der Waals surface area contributed by atoms with Crippen molar-refractivity contribution in [2.24, 2.45) is 17.3 Å². The van der Waals surface area contributed by atoms with E-state index in [0.29, 0.717) is 11.8 Å². The van der Waals surface area contributed by atoms with Crippen molar-refractivity contribution in [3.63, 3.8) is 0 Å². The molecule has 20 heavy (non-hydrogen) atoms. The molecule has 1 aliphatic heterocycles. The van der Waals surface area contributed by atoms with Crippen LogP contribution in [0.15, 0.2) is 0 Å². The van der Waals surface area contributed by atoms with Gasteiger partial charge in [-0.05, 0) is 31.3 Å². The molecule has 1 amide bonds. The second-order valence-electron chi connectivity index (χ2n) is 7.95. The van der Waals surface area contributed by atoms with Crippen LogP contribution in [-0.4, -0.2) is 55.1 Å². The molecule has 1 heterocycles. The Morgan fingerprint density at radius 1 is 1.20 bits per heavy atom. The van der Waals surface area contributed by atoms with E-state index in [-0.39, 0.29) is 23.5 Å². The molecule has 2 atom stereocenters. The van der Waals surface area contributed by atoms with Gasteiger partial charge in [0, 0.05) is 13.1 Å². The van der Waals surface area contributed by atoms with Gasteiger partial charge in [0.05, 0.1) is 12.2 Å². The summed E-state index contributed by atoms with van der Waals surface area (Å²) in [5.41, 5.74) is 0.0971. The fourth-order valence-corrected chi connectivity index (χ4v) is 3.23. The summed E-state index contributed by atoms with van der Waals surface area (Å²) in [5.74, 6) is 1.04. The quantitative estimate of drug-likeness (QED) is 0.810. The molecule has 1 N–H and O–H groups in total. The van der Waals surface area contributed by atoms with Crippen LogP contribution in [0, 0.1) is 17.3 Å². The summed E-state index contributed by atoms with van der Waals surface area (Å²) in [6.45, 7) is 14.8. The first-order valence-electron chi connectivity index (χ1n) is 7.76. The van der Waals surface area contributed by atoms with Gasteiger partial charge in [-0.15, -0.1) is 0 Å². The van der Waals surface area contributed by atoms with Gasteiger partial charge < -0.3 is 9.80 Å². The Balaban J connectivity index is 2.86. The third-order valence-corrected chi connectivity index (χ3v) is 3.88. The number of rotatable bonds is 6. The number of carbonyl (C=O) groups is 1. The average molecular weight is 283 g/mol. The van der Waals surface area contributed by atoms with Gasteiger partial charge in [-0.25, -0.2) is 0 Å². The van der Waals surface area contributed by atoms with Crippen LogP contribution < -0.4 is 5.32 Å². The lowest BCUT2D eigenvalue weighted by atomic mass is 9.91. The first-order valence-corrected chi connectivity index (χ1v) is 7.76. The number of hydrogen-bond acceptors (Lipinski definition) is 3. The number of nitrogens with one attached hydrogen (secondary N) is 1. The van der Waals surface area contributed by atoms with Crippen LogP contribution in [0.1, 0.15) is 41.5 Å². The van der Waals surface area contributed by atoms with Crippen molar-refractivity contribution in [3.8, 4) is 0 Å². The maximum Gasteiger partial charge on any atom is 0.241 e. The molecular weight excluding hydrogens is 250 g/mol. The van der Waals surface area contributed by atoms with Gasteiger partial charge in [0.15, 0.2) is 0 Å². The lowest BCUT2D eigenvalue weighted by Crippen LogP contribution is -2.47. The minimum atomic E-state index is -0.0300. The molecular formula is C16H33N3O. The van der Waals surface area contributed by atoms with E-state index in [2.05, 4.69) is 70.8 Å². The van der Waals surface area contributed by atoms with Gasteiger partial charge in [0.1, 0.15) is 0 Å². The van der Waals surface area contributed by atoms with Crippen molar-refractivity contribution in [1.82, 2.24) is 15.1 Å². The Bertz CT molecular complexity index is 337. The maximum atomic E-state index is 12.7. The van der Waals surface area contributed by atoms with E-state index in [4.69, 9.17) is 0 Å². The fourth-order valence-electron chi connectivity index (χ4n) is 3.23. The van der Waals surface area contributed by atoms with Gasteiger partial charge in [0.25, 0.3) is 0 Å². The molecule has 4 nitrogen and oxygen atoms in total. The second-order valence-corrected chi connectivity index (χ2v) is 7.95. The molecule has 0 aromatic carbocycles. The molecule has 118 valence electrons. The first-order chi connectivity index (χ1) is 9.05.